The Morgan fingerprint density at radius 2 is 2.05 bits per heavy atom. The van der Waals surface area contributed by atoms with E-state index in [0.29, 0.717) is 30.7 Å². The maximum absolute atomic E-state index is 13.6. The van der Waals surface area contributed by atoms with Gasteiger partial charge >= 0.3 is 5.97 Å². The molecule has 1 amide bonds. The Hall–Kier alpha value is -3.89. The first-order chi connectivity index (χ1) is 19.0. The van der Waals surface area contributed by atoms with Crippen LogP contribution in [0.4, 0.5) is 10.8 Å². The second kappa shape index (κ2) is 12.1. The second-order valence-electron chi connectivity index (χ2n) is 9.05. The summed E-state index contributed by atoms with van der Waals surface area (Å²) in [7, 11) is -0.465. The van der Waals surface area contributed by atoms with Crippen LogP contribution in [0.3, 0.4) is 0 Å². The number of carbonyl (C=O) groups is 2. The number of nitrogens with zero attached hydrogens (tertiary/aromatic N) is 3. The fourth-order valence-corrected chi connectivity index (χ4v) is 6.84. The number of fused-ring (bicyclic) bond motifs is 1. The molecule has 4 rings (SSSR count). The minimum atomic E-state index is -4.21. The summed E-state index contributed by atoms with van der Waals surface area (Å²) in [4.78, 5) is 34.9. The summed E-state index contributed by atoms with van der Waals surface area (Å²) in [5.41, 5.74) is 12.6. The van der Waals surface area contributed by atoms with Crippen molar-refractivity contribution < 1.29 is 27.9 Å². The number of hydrogen-bond donors (Lipinski definition) is 5. The van der Waals surface area contributed by atoms with Gasteiger partial charge in [-0.25, -0.2) is 18.2 Å². The molecular formula is C24H29N7O6S3. The van der Waals surface area contributed by atoms with Gasteiger partial charge in [0, 0.05) is 38.0 Å². The van der Waals surface area contributed by atoms with Gasteiger partial charge in [-0.3, -0.25) is 14.5 Å². The average molecular weight is 608 g/mol. The molecule has 1 unspecified atom stereocenters. The minimum absolute atomic E-state index is 0.0166. The molecule has 7 N–H and O–H groups in total. The summed E-state index contributed by atoms with van der Waals surface area (Å²) in [6, 6.07) is 3.61. The van der Waals surface area contributed by atoms with E-state index in [9.17, 15) is 23.1 Å². The molecule has 214 valence electrons. The molecular weight excluding hydrogens is 579 g/mol. The zero-order valence-electron chi connectivity index (χ0n) is 21.7. The predicted molar refractivity (Wildman–Crippen MR) is 155 cm³/mol. The average Bonchev–Trinajstić information content (AvgIpc) is 3.65. The van der Waals surface area contributed by atoms with Crippen molar-refractivity contribution in [3.05, 3.63) is 39.4 Å². The molecule has 0 spiro atoms. The highest BCUT2D eigenvalue weighted by atomic mass is 32.2. The number of rotatable bonds is 12. The number of nitrogens with one attached hydrogen (secondary N) is 2. The van der Waals surface area contributed by atoms with Gasteiger partial charge in [0.15, 0.2) is 11.1 Å². The highest BCUT2D eigenvalue weighted by molar-refractivity contribution is 7.92. The van der Waals surface area contributed by atoms with Crippen LogP contribution in [0.2, 0.25) is 0 Å². The number of thiazole rings is 1. The summed E-state index contributed by atoms with van der Waals surface area (Å²) >= 11 is 2.42. The molecule has 0 saturated heterocycles. The number of hydrogen-bond acceptors (Lipinski definition) is 10. The molecule has 40 heavy (non-hydrogen) atoms. The highest BCUT2D eigenvalue weighted by Gasteiger charge is 2.30. The van der Waals surface area contributed by atoms with Crippen LogP contribution in [0.25, 0.3) is 11.3 Å². The fraction of sp³-hybridized carbons (Fsp3) is 0.333. The number of sulfonamides is 1. The van der Waals surface area contributed by atoms with E-state index >= 15 is 0 Å². The van der Waals surface area contributed by atoms with Crippen LogP contribution in [0.1, 0.15) is 28.1 Å². The lowest BCUT2D eigenvalue weighted by molar-refractivity contribution is -0.139. The molecule has 0 fully saturated rings. The Morgan fingerprint density at radius 1 is 1.27 bits per heavy atom. The number of guanidine groups is 1. The number of anilines is 2. The van der Waals surface area contributed by atoms with Crippen molar-refractivity contribution in [1.82, 2.24) is 10.3 Å². The zero-order valence-corrected chi connectivity index (χ0v) is 24.2. The normalized spacial score (nSPS) is 13.2. The number of carboxylic acids is 1. The van der Waals surface area contributed by atoms with Crippen molar-refractivity contribution in [2.45, 2.75) is 30.2 Å². The number of aliphatic imine (C=N–C) groups is 1. The van der Waals surface area contributed by atoms with E-state index in [1.807, 2.05) is 30.4 Å². The van der Waals surface area contributed by atoms with Crippen LogP contribution >= 0.6 is 22.7 Å². The lowest BCUT2D eigenvalue weighted by Crippen LogP contribution is -2.40. The Balaban J connectivity index is 1.57. The number of ether oxygens (including phenoxy) is 1. The van der Waals surface area contributed by atoms with Gasteiger partial charge in [-0.2, -0.15) is 0 Å². The van der Waals surface area contributed by atoms with Gasteiger partial charge in [-0.1, -0.05) is 0 Å². The van der Waals surface area contributed by atoms with Gasteiger partial charge in [0.2, 0.25) is 0 Å². The molecule has 0 bridgehead atoms. The van der Waals surface area contributed by atoms with Crippen molar-refractivity contribution in [3.8, 4) is 17.0 Å². The predicted octanol–water partition coefficient (Wildman–Crippen LogP) is 1.91. The number of carbonyl (C=O) groups excluding carboxylic acids is 1. The quantitative estimate of drug-likeness (QED) is 0.115. The molecule has 0 radical (unpaired) electrons. The number of nitrogens with two attached hydrogens (primary N) is 2. The van der Waals surface area contributed by atoms with Crippen molar-refractivity contribution >= 4 is 61.4 Å². The van der Waals surface area contributed by atoms with Crippen LogP contribution in [0.5, 0.6) is 5.75 Å². The number of aromatic nitrogens is 1. The SMILES string of the molecule is CN(C)c1nc(-c2cc3c(c(S(=O)(=O)Nc4ccsc4C(=O)NC(CCCN=C(N)N)C(=O)O)c2)OCC3)cs1. The Kier molecular flexibility index (Phi) is 8.80. The van der Waals surface area contributed by atoms with E-state index in [2.05, 4.69) is 20.0 Å². The van der Waals surface area contributed by atoms with Crippen LogP contribution in [0, 0.1) is 0 Å². The van der Waals surface area contributed by atoms with Crippen molar-refractivity contribution in [3.63, 3.8) is 0 Å². The summed E-state index contributed by atoms with van der Waals surface area (Å²) < 4.78 is 35.4. The number of aliphatic carboxylic acids is 1. The van der Waals surface area contributed by atoms with Crippen molar-refractivity contribution in [2.24, 2.45) is 16.5 Å². The lowest BCUT2D eigenvalue weighted by atomic mass is 10.1. The Bertz CT molecular complexity index is 1540. The monoisotopic (exact) mass is 607 g/mol. The van der Waals surface area contributed by atoms with Gasteiger partial charge in [0.25, 0.3) is 15.9 Å². The number of amides is 1. The first-order valence-electron chi connectivity index (χ1n) is 12.1. The van der Waals surface area contributed by atoms with Crippen molar-refractivity contribution in [1.29, 1.82) is 0 Å². The first kappa shape index (κ1) is 29.1. The van der Waals surface area contributed by atoms with Gasteiger partial charge in [0.05, 0.1) is 18.0 Å². The minimum Gasteiger partial charge on any atom is -0.492 e. The molecule has 13 nitrogen and oxygen atoms in total. The summed E-state index contributed by atoms with van der Waals surface area (Å²) in [5.74, 6) is -1.82. The molecule has 3 aromatic rings. The van der Waals surface area contributed by atoms with E-state index in [-0.39, 0.29) is 40.1 Å². The lowest BCUT2D eigenvalue weighted by Gasteiger charge is -2.15. The number of benzene rings is 1. The third kappa shape index (κ3) is 6.63. The van der Waals surface area contributed by atoms with Gasteiger partial charge in [0.1, 0.15) is 21.6 Å². The molecule has 0 saturated carbocycles. The van der Waals surface area contributed by atoms with E-state index in [4.69, 9.17) is 16.2 Å². The maximum Gasteiger partial charge on any atom is 0.326 e. The van der Waals surface area contributed by atoms with E-state index in [1.165, 1.54) is 28.8 Å². The Morgan fingerprint density at radius 3 is 2.73 bits per heavy atom. The van der Waals surface area contributed by atoms with E-state index in [1.54, 1.807) is 0 Å². The topological polar surface area (TPSA) is 202 Å². The van der Waals surface area contributed by atoms with Gasteiger partial charge < -0.3 is 31.5 Å². The standard InChI is InChI=1S/C24H29N7O6S3/c1-31(2)24-29-17(12-39-24)14-10-13-5-8-37-19(13)18(11-14)40(35,36)30-15-6-9-38-20(15)21(32)28-16(22(33)34)4-3-7-27-23(25)26/h6,9-12,16,30H,3-5,7-8H2,1-2H3,(H,28,32)(H,33,34)(H4,25,26,27). The summed E-state index contributed by atoms with van der Waals surface area (Å²) in [6.45, 7) is 0.544. The largest absolute Gasteiger partial charge is 0.492 e. The molecule has 3 heterocycles. The van der Waals surface area contributed by atoms with E-state index in [0.717, 1.165) is 22.0 Å². The molecule has 1 aromatic carbocycles. The van der Waals surface area contributed by atoms with Crippen LogP contribution in [0.15, 0.2) is 38.8 Å². The molecule has 16 heteroatoms. The molecule has 1 aliphatic heterocycles. The zero-order chi connectivity index (χ0) is 29.0. The van der Waals surface area contributed by atoms with Crippen LogP contribution in [-0.2, 0) is 21.2 Å². The van der Waals surface area contributed by atoms with Gasteiger partial charge in [-0.05, 0) is 42.0 Å². The third-order valence-corrected chi connectivity index (χ3v) is 9.17. The van der Waals surface area contributed by atoms with Crippen LogP contribution < -0.4 is 31.1 Å². The molecule has 0 aliphatic carbocycles. The fourth-order valence-electron chi connectivity index (χ4n) is 3.97. The number of thiophene rings is 1. The van der Waals surface area contributed by atoms with Gasteiger partial charge in [-0.15, -0.1) is 22.7 Å². The highest BCUT2D eigenvalue weighted by Crippen LogP contribution is 2.39. The van der Waals surface area contributed by atoms with Crippen molar-refractivity contribution in [2.75, 3.05) is 36.9 Å². The summed E-state index contributed by atoms with van der Waals surface area (Å²) in [5, 5.41) is 16.2. The first-order valence-corrected chi connectivity index (χ1v) is 15.3. The molecule has 1 atom stereocenters. The Labute approximate surface area is 238 Å². The maximum atomic E-state index is 13.6. The molecule has 1 aliphatic rings. The number of carboxylic acid groups (broad SMARTS) is 1. The molecule has 2 aromatic heterocycles. The second-order valence-corrected chi connectivity index (χ2v) is 12.5. The summed E-state index contributed by atoms with van der Waals surface area (Å²) in [6.07, 6.45) is 0.935. The van der Waals surface area contributed by atoms with E-state index < -0.39 is 27.9 Å². The third-order valence-electron chi connectivity index (χ3n) is 5.87. The smallest absolute Gasteiger partial charge is 0.326 e. The van der Waals surface area contributed by atoms with Crippen LogP contribution in [-0.4, -0.2) is 69.6 Å².